The van der Waals surface area contributed by atoms with Gasteiger partial charge in [-0.3, -0.25) is 0 Å². The van der Waals surface area contributed by atoms with Gasteiger partial charge in [-0.05, 0) is 42.2 Å². The molecule has 2 aromatic rings. The Labute approximate surface area is 173 Å². The Morgan fingerprint density at radius 2 is 1.93 bits per heavy atom. The monoisotopic (exact) mass is 420 g/mol. The van der Waals surface area contributed by atoms with Crippen molar-refractivity contribution < 1.29 is 23.6 Å². The van der Waals surface area contributed by atoms with Crippen molar-refractivity contribution in [3.05, 3.63) is 47.3 Å². The van der Waals surface area contributed by atoms with Crippen LogP contribution in [0.1, 0.15) is 43.8 Å². The molecule has 0 fully saturated rings. The standard InChI is InChI=1S/C21H32N2O5Si/c1-21(2,3)29(5,6)27-12-11-17-14-19(23-28-17)18(22-20(24)25)13-15-7-9-16(26-4)10-8-15/h7-10,14,18,22H,11-13H2,1-6H3,(H,24,25)/t18-/m0/s1. The molecule has 1 atom stereocenters. The van der Waals surface area contributed by atoms with Crippen LogP contribution in [0, 0.1) is 0 Å². The largest absolute Gasteiger partial charge is 0.497 e. The van der Waals surface area contributed by atoms with Crippen LogP contribution in [0.4, 0.5) is 4.79 Å². The topological polar surface area (TPSA) is 93.8 Å². The Hall–Kier alpha value is -2.32. The molecule has 0 spiro atoms. The third-order valence-corrected chi connectivity index (χ3v) is 9.99. The van der Waals surface area contributed by atoms with E-state index >= 15 is 0 Å². The van der Waals surface area contributed by atoms with Crippen molar-refractivity contribution in [1.29, 1.82) is 0 Å². The van der Waals surface area contributed by atoms with Gasteiger partial charge in [0.2, 0.25) is 0 Å². The maximum Gasteiger partial charge on any atom is 0.405 e. The molecular formula is C21H32N2O5Si. The molecule has 7 nitrogen and oxygen atoms in total. The minimum Gasteiger partial charge on any atom is -0.497 e. The van der Waals surface area contributed by atoms with Gasteiger partial charge in [-0.25, -0.2) is 4.79 Å². The Balaban J connectivity index is 2.03. The first kappa shape index (κ1) is 23.0. The summed E-state index contributed by atoms with van der Waals surface area (Å²) in [6.07, 6.45) is -0.0424. The van der Waals surface area contributed by atoms with Crippen molar-refractivity contribution in [2.75, 3.05) is 13.7 Å². The highest BCUT2D eigenvalue weighted by Crippen LogP contribution is 2.36. The number of hydrogen-bond donors (Lipinski definition) is 2. The van der Waals surface area contributed by atoms with Crippen LogP contribution in [0.2, 0.25) is 18.1 Å². The van der Waals surface area contributed by atoms with Crippen LogP contribution in [0.5, 0.6) is 5.75 Å². The molecule has 160 valence electrons. The third-order valence-electron chi connectivity index (χ3n) is 5.45. The van der Waals surface area contributed by atoms with Gasteiger partial charge in [0.15, 0.2) is 8.32 Å². The maximum atomic E-state index is 11.3. The highest BCUT2D eigenvalue weighted by molar-refractivity contribution is 6.74. The highest BCUT2D eigenvalue weighted by Gasteiger charge is 2.37. The summed E-state index contributed by atoms with van der Waals surface area (Å²) in [7, 11) is -0.210. The van der Waals surface area contributed by atoms with Crippen LogP contribution in [0.25, 0.3) is 0 Å². The molecule has 1 aromatic heterocycles. The average molecular weight is 421 g/mol. The van der Waals surface area contributed by atoms with Gasteiger partial charge in [-0.2, -0.15) is 0 Å². The Morgan fingerprint density at radius 1 is 1.28 bits per heavy atom. The Morgan fingerprint density at radius 3 is 2.48 bits per heavy atom. The van der Waals surface area contributed by atoms with Crippen molar-refractivity contribution in [2.24, 2.45) is 0 Å². The number of methoxy groups -OCH3 is 1. The molecule has 1 heterocycles. The summed E-state index contributed by atoms with van der Waals surface area (Å²) < 4.78 is 16.8. The smallest absolute Gasteiger partial charge is 0.405 e. The van der Waals surface area contributed by atoms with E-state index in [1.165, 1.54) is 0 Å². The third kappa shape index (κ3) is 6.61. The summed E-state index contributed by atoms with van der Waals surface area (Å²) in [4.78, 5) is 11.3. The number of hydrogen-bond acceptors (Lipinski definition) is 5. The van der Waals surface area contributed by atoms with Gasteiger partial charge in [-0.1, -0.05) is 38.1 Å². The fourth-order valence-electron chi connectivity index (χ4n) is 2.61. The number of carbonyl (C=O) groups is 1. The second kappa shape index (κ2) is 9.45. The summed E-state index contributed by atoms with van der Waals surface area (Å²) in [5.74, 6) is 1.44. The van der Waals surface area contributed by atoms with Crippen LogP contribution < -0.4 is 10.1 Å². The van der Waals surface area contributed by atoms with E-state index in [2.05, 4.69) is 44.3 Å². The Bertz CT molecular complexity index is 796. The zero-order valence-corrected chi connectivity index (χ0v) is 19.1. The van der Waals surface area contributed by atoms with Gasteiger partial charge >= 0.3 is 6.09 Å². The summed E-state index contributed by atoms with van der Waals surface area (Å²) in [5, 5.41) is 16.0. The van der Waals surface area contributed by atoms with Crippen molar-refractivity contribution in [3.63, 3.8) is 0 Å². The molecule has 29 heavy (non-hydrogen) atoms. The predicted octanol–water partition coefficient (Wildman–Crippen LogP) is 4.80. The summed E-state index contributed by atoms with van der Waals surface area (Å²) in [6, 6.07) is 8.81. The number of nitrogens with one attached hydrogen (secondary N) is 1. The molecule has 0 aliphatic rings. The van der Waals surface area contributed by atoms with Gasteiger partial charge < -0.3 is 24.1 Å². The molecule has 0 bridgehead atoms. The van der Waals surface area contributed by atoms with E-state index in [9.17, 15) is 9.90 Å². The Kier molecular flexibility index (Phi) is 7.48. The van der Waals surface area contributed by atoms with Crippen molar-refractivity contribution >= 4 is 14.4 Å². The summed E-state index contributed by atoms with van der Waals surface area (Å²) in [5.41, 5.74) is 1.53. The molecule has 1 amide bonds. The number of amides is 1. The molecule has 2 N–H and O–H groups in total. The van der Waals surface area contributed by atoms with E-state index in [0.717, 1.165) is 11.3 Å². The SMILES string of the molecule is COc1ccc(C[C@H](NC(=O)O)c2cc(CCO[Si](C)(C)C(C)(C)C)on2)cc1. The minimum atomic E-state index is -1.82. The normalized spacial score (nSPS) is 13.2. The zero-order valence-electron chi connectivity index (χ0n) is 18.1. The van der Waals surface area contributed by atoms with E-state index in [1.54, 1.807) is 13.2 Å². The van der Waals surface area contributed by atoms with E-state index < -0.39 is 20.5 Å². The molecule has 1 aromatic carbocycles. The lowest BCUT2D eigenvalue weighted by Gasteiger charge is -2.36. The first-order chi connectivity index (χ1) is 13.5. The molecule has 0 aliphatic heterocycles. The maximum absolute atomic E-state index is 11.3. The molecule has 0 saturated heterocycles. The van der Waals surface area contributed by atoms with Crippen LogP contribution in [-0.4, -0.2) is 38.4 Å². The number of nitrogens with zero attached hydrogens (tertiary/aromatic N) is 1. The number of ether oxygens (including phenoxy) is 1. The molecule has 2 rings (SSSR count). The molecule has 8 heteroatoms. The van der Waals surface area contributed by atoms with E-state index in [1.807, 2.05) is 24.3 Å². The van der Waals surface area contributed by atoms with E-state index in [4.69, 9.17) is 13.7 Å². The predicted molar refractivity (Wildman–Crippen MR) is 114 cm³/mol. The summed E-state index contributed by atoms with van der Waals surface area (Å²) >= 11 is 0. The number of carboxylic acid groups (broad SMARTS) is 1. The highest BCUT2D eigenvalue weighted by atomic mass is 28.4. The zero-order chi connectivity index (χ0) is 21.7. The van der Waals surface area contributed by atoms with E-state index in [-0.39, 0.29) is 5.04 Å². The average Bonchev–Trinajstić information content (AvgIpc) is 3.09. The first-order valence-corrected chi connectivity index (χ1v) is 12.6. The van der Waals surface area contributed by atoms with Crippen LogP contribution in [0.15, 0.2) is 34.9 Å². The van der Waals surface area contributed by atoms with Crippen LogP contribution >= 0.6 is 0 Å². The minimum absolute atomic E-state index is 0.147. The fourth-order valence-corrected chi connectivity index (χ4v) is 3.66. The lowest BCUT2D eigenvalue weighted by molar-refractivity contribution is 0.189. The second-order valence-electron chi connectivity index (χ2n) is 8.63. The lowest BCUT2D eigenvalue weighted by Crippen LogP contribution is -2.41. The fraction of sp³-hybridized carbons (Fsp3) is 0.524. The summed E-state index contributed by atoms with van der Waals surface area (Å²) in [6.45, 7) is 11.6. The molecule has 0 radical (unpaired) electrons. The number of rotatable bonds is 9. The van der Waals surface area contributed by atoms with E-state index in [0.29, 0.717) is 30.9 Å². The first-order valence-electron chi connectivity index (χ1n) is 9.73. The molecule has 0 unspecified atom stereocenters. The quantitative estimate of drug-likeness (QED) is 0.566. The lowest BCUT2D eigenvalue weighted by atomic mass is 10.0. The van der Waals surface area contributed by atoms with Crippen LogP contribution in [0.3, 0.4) is 0 Å². The number of benzene rings is 1. The molecule has 0 aliphatic carbocycles. The number of aromatic nitrogens is 1. The second-order valence-corrected chi connectivity index (χ2v) is 13.4. The van der Waals surface area contributed by atoms with Gasteiger partial charge in [0.25, 0.3) is 0 Å². The van der Waals surface area contributed by atoms with Crippen molar-refractivity contribution in [3.8, 4) is 5.75 Å². The van der Waals surface area contributed by atoms with Crippen LogP contribution in [-0.2, 0) is 17.3 Å². The molecular weight excluding hydrogens is 388 g/mol. The van der Waals surface area contributed by atoms with Gasteiger partial charge in [0, 0.05) is 19.1 Å². The van der Waals surface area contributed by atoms with Gasteiger partial charge in [0.05, 0.1) is 13.2 Å². The van der Waals surface area contributed by atoms with Crippen molar-refractivity contribution in [2.45, 2.75) is 57.8 Å². The molecule has 0 saturated carbocycles. The van der Waals surface area contributed by atoms with Gasteiger partial charge in [0.1, 0.15) is 17.2 Å². The van der Waals surface area contributed by atoms with Crippen molar-refractivity contribution in [1.82, 2.24) is 10.5 Å². The van der Waals surface area contributed by atoms with Gasteiger partial charge in [-0.15, -0.1) is 0 Å².